The molecule has 21 heavy (non-hydrogen) atoms. The van der Waals surface area contributed by atoms with Crippen LogP contribution in [0.25, 0.3) is 10.9 Å². The van der Waals surface area contributed by atoms with Crippen LogP contribution >= 0.6 is 0 Å². The normalized spacial score (nSPS) is 12.6. The van der Waals surface area contributed by atoms with Gasteiger partial charge in [-0.3, -0.25) is 0 Å². The smallest absolute Gasteiger partial charge is 0.121 e. The average molecular weight is 277 g/mol. The number of fused-ring (bicyclic) bond motifs is 1. The second kappa shape index (κ2) is 5.30. The molecule has 1 heterocycles. The summed E-state index contributed by atoms with van der Waals surface area (Å²) in [5.74, 6) is 0. The van der Waals surface area contributed by atoms with Crippen LogP contribution in [0.5, 0.6) is 0 Å². The highest BCUT2D eigenvalue weighted by atomic mass is 16.3. The Morgan fingerprint density at radius 3 is 2.38 bits per heavy atom. The predicted molar refractivity (Wildman–Crippen MR) is 86.5 cm³/mol. The fourth-order valence-corrected chi connectivity index (χ4v) is 2.67. The van der Waals surface area contributed by atoms with E-state index >= 15 is 0 Å². The number of aryl methyl sites for hydroxylation is 3. The van der Waals surface area contributed by atoms with Gasteiger partial charge >= 0.3 is 0 Å². The second-order valence-electron chi connectivity index (χ2n) is 5.62. The first-order valence-corrected chi connectivity index (χ1v) is 7.18. The zero-order valence-corrected chi connectivity index (χ0v) is 12.6. The summed E-state index contributed by atoms with van der Waals surface area (Å²) in [4.78, 5) is 4.59. The molecule has 2 nitrogen and oxygen atoms in total. The Morgan fingerprint density at radius 2 is 1.57 bits per heavy atom. The number of rotatable bonds is 2. The molecule has 1 atom stereocenters. The Labute approximate surface area is 125 Å². The Kier molecular flexibility index (Phi) is 3.48. The van der Waals surface area contributed by atoms with Gasteiger partial charge in [0.15, 0.2) is 0 Å². The molecule has 0 saturated carbocycles. The van der Waals surface area contributed by atoms with E-state index in [0.717, 1.165) is 22.0 Å². The Morgan fingerprint density at radius 1 is 0.857 bits per heavy atom. The zero-order chi connectivity index (χ0) is 15.0. The number of aromatic nitrogens is 1. The van der Waals surface area contributed by atoms with Crippen LogP contribution < -0.4 is 0 Å². The third-order valence-electron chi connectivity index (χ3n) is 4.08. The maximum Gasteiger partial charge on any atom is 0.121 e. The predicted octanol–water partition coefficient (Wildman–Crippen LogP) is 4.24. The summed E-state index contributed by atoms with van der Waals surface area (Å²) in [6, 6.07) is 16.1. The lowest BCUT2D eigenvalue weighted by Crippen LogP contribution is -2.05. The van der Waals surface area contributed by atoms with Crippen molar-refractivity contribution in [2.45, 2.75) is 26.9 Å². The molecule has 0 aliphatic heterocycles. The summed E-state index contributed by atoms with van der Waals surface area (Å²) in [5, 5.41) is 11.8. The van der Waals surface area contributed by atoms with Gasteiger partial charge in [-0.05, 0) is 55.2 Å². The second-order valence-corrected chi connectivity index (χ2v) is 5.62. The van der Waals surface area contributed by atoms with Gasteiger partial charge < -0.3 is 5.11 Å². The minimum atomic E-state index is -0.686. The van der Waals surface area contributed by atoms with Crippen molar-refractivity contribution in [3.8, 4) is 0 Å². The van der Waals surface area contributed by atoms with E-state index in [-0.39, 0.29) is 0 Å². The molecule has 0 saturated heterocycles. The van der Waals surface area contributed by atoms with Gasteiger partial charge in [-0.1, -0.05) is 36.4 Å². The largest absolute Gasteiger partial charge is 0.382 e. The van der Waals surface area contributed by atoms with Gasteiger partial charge in [0.25, 0.3) is 0 Å². The zero-order valence-electron chi connectivity index (χ0n) is 12.6. The van der Waals surface area contributed by atoms with Gasteiger partial charge in [-0.25, -0.2) is 4.98 Å². The molecule has 2 aromatic carbocycles. The van der Waals surface area contributed by atoms with Crippen LogP contribution in [0.4, 0.5) is 0 Å². The molecular weight excluding hydrogens is 258 g/mol. The fraction of sp³-hybridized carbons (Fsp3) is 0.211. The van der Waals surface area contributed by atoms with Crippen molar-refractivity contribution >= 4 is 10.9 Å². The molecule has 0 bridgehead atoms. The molecular formula is C19H19NO. The lowest BCUT2D eigenvalue weighted by molar-refractivity contribution is 0.215. The molecule has 0 fully saturated rings. The van der Waals surface area contributed by atoms with Gasteiger partial charge in [0.05, 0.1) is 11.2 Å². The summed E-state index contributed by atoms with van der Waals surface area (Å²) in [6.45, 7) is 6.19. The van der Waals surface area contributed by atoms with Crippen molar-refractivity contribution in [3.05, 3.63) is 76.5 Å². The summed E-state index contributed by atoms with van der Waals surface area (Å²) in [6.07, 6.45) is -0.686. The molecule has 2 heteroatoms. The Balaban J connectivity index is 2.07. The van der Waals surface area contributed by atoms with E-state index in [9.17, 15) is 5.11 Å². The van der Waals surface area contributed by atoms with Gasteiger partial charge in [-0.15, -0.1) is 0 Å². The lowest BCUT2D eigenvalue weighted by atomic mass is 9.95. The molecule has 3 rings (SSSR count). The molecule has 0 aliphatic rings. The van der Waals surface area contributed by atoms with Crippen LogP contribution in [0.1, 0.15) is 34.1 Å². The van der Waals surface area contributed by atoms with Gasteiger partial charge in [0.1, 0.15) is 6.10 Å². The number of aliphatic hydroxyl groups is 1. The van der Waals surface area contributed by atoms with Crippen molar-refractivity contribution in [2.75, 3.05) is 0 Å². The van der Waals surface area contributed by atoms with Gasteiger partial charge in [0, 0.05) is 5.39 Å². The number of benzene rings is 2. The fourth-order valence-electron chi connectivity index (χ4n) is 2.67. The number of hydrogen-bond acceptors (Lipinski definition) is 2. The summed E-state index contributed by atoms with van der Waals surface area (Å²) in [5.41, 5.74) is 6.07. The highest BCUT2D eigenvalue weighted by Crippen LogP contribution is 2.27. The Bertz CT molecular complexity index is 808. The van der Waals surface area contributed by atoms with E-state index < -0.39 is 6.10 Å². The first-order chi connectivity index (χ1) is 10.1. The Hall–Kier alpha value is -2.19. The van der Waals surface area contributed by atoms with Crippen LogP contribution in [0.2, 0.25) is 0 Å². The minimum absolute atomic E-state index is 0.686. The van der Waals surface area contributed by atoms with Crippen LogP contribution in [0, 0.1) is 20.8 Å². The number of nitrogens with zero attached hydrogens (tertiary/aromatic N) is 1. The van der Waals surface area contributed by atoms with Crippen molar-refractivity contribution in [1.29, 1.82) is 0 Å². The SMILES string of the molecule is Cc1cc(C)c(C(O)c2ccc3ccccc3n2)cc1C. The van der Waals surface area contributed by atoms with Crippen LogP contribution in [0.3, 0.4) is 0 Å². The number of para-hydroxylation sites is 1. The van der Waals surface area contributed by atoms with Crippen molar-refractivity contribution < 1.29 is 5.11 Å². The molecule has 0 radical (unpaired) electrons. The maximum absolute atomic E-state index is 10.7. The summed E-state index contributed by atoms with van der Waals surface area (Å²) >= 11 is 0. The van der Waals surface area contributed by atoms with Crippen molar-refractivity contribution in [3.63, 3.8) is 0 Å². The standard InChI is InChI=1S/C19H19NO/c1-12-10-14(3)16(11-13(12)2)19(21)18-9-8-15-6-4-5-7-17(15)20-18/h4-11,19,21H,1-3H3. The number of hydrogen-bond donors (Lipinski definition) is 1. The molecule has 0 spiro atoms. The molecule has 0 aliphatic carbocycles. The number of pyridine rings is 1. The molecule has 1 aromatic heterocycles. The number of aliphatic hydroxyl groups excluding tert-OH is 1. The van der Waals surface area contributed by atoms with E-state index in [0.29, 0.717) is 5.69 Å². The van der Waals surface area contributed by atoms with Crippen LogP contribution in [-0.4, -0.2) is 10.1 Å². The average Bonchev–Trinajstić information content (AvgIpc) is 2.50. The minimum Gasteiger partial charge on any atom is -0.382 e. The highest BCUT2D eigenvalue weighted by molar-refractivity contribution is 5.78. The highest BCUT2D eigenvalue weighted by Gasteiger charge is 2.15. The van der Waals surface area contributed by atoms with E-state index in [1.165, 1.54) is 11.1 Å². The monoisotopic (exact) mass is 277 g/mol. The first-order valence-electron chi connectivity index (χ1n) is 7.18. The molecule has 0 amide bonds. The van der Waals surface area contributed by atoms with Gasteiger partial charge in [0.2, 0.25) is 0 Å². The lowest BCUT2D eigenvalue weighted by Gasteiger charge is -2.16. The molecule has 1 unspecified atom stereocenters. The maximum atomic E-state index is 10.7. The van der Waals surface area contributed by atoms with E-state index in [4.69, 9.17) is 0 Å². The third-order valence-corrected chi connectivity index (χ3v) is 4.08. The summed E-state index contributed by atoms with van der Waals surface area (Å²) in [7, 11) is 0. The van der Waals surface area contributed by atoms with E-state index in [1.54, 1.807) is 0 Å². The first kappa shape index (κ1) is 13.8. The van der Waals surface area contributed by atoms with Crippen molar-refractivity contribution in [1.82, 2.24) is 4.98 Å². The van der Waals surface area contributed by atoms with Crippen molar-refractivity contribution in [2.24, 2.45) is 0 Å². The van der Waals surface area contributed by atoms with Crippen LogP contribution in [-0.2, 0) is 0 Å². The molecule has 3 aromatic rings. The molecule has 106 valence electrons. The molecule has 1 N–H and O–H groups in total. The summed E-state index contributed by atoms with van der Waals surface area (Å²) < 4.78 is 0. The quantitative estimate of drug-likeness (QED) is 0.760. The van der Waals surface area contributed by atoms with E-state index in [1.807, 2.05) is 43.3 Å². The van der Waals surface area contributed by atoms with E-state index in [2.05, 4.69) is 31.0 Å². The topological polar surface area (TPSA) is 33.1 Å². The third kappa shape index (κ3) is 2.55. The van der Waals surface area contributed by atoms with Gasteiger partial charge in [-0.2, -0.15) is 0 Å². The van der Waals surface area contributed by atoms with Crippen LogP contribution in [0.15, 0.2) is 48.5 Å².